The minimum absolute atomic E-state index is 0.255. The monoisotopic (exact) mass is 219 g/mol. The third kappa shape index (κ3) is 4.09. The molecule has 0 fully saturated rings. The highest BCUT2D eigenvalue weighted by atomic mass is 79.9. The van der Waals surface area contributed by atoms with E-state index in [0.29, 0.717) is 10.3 Å². The average Bonchev–Trinajstić information content (AvgIpc) is 1.88. The molecular weight excluding hydrogens is 209 g/mol. The maximum Gasteiger partial charge on any atom is 0.127 e. The molecule has 0 spiro atoms. The predicted octanol–water partition coefficient (Wildman–Crippen LogP) is 3.32. The summed E-state index contributed by atoms with van der Waals surface area (Å²) in [6, 6.07) is 2.71. The summed E-state index contributed by atoms with van der Waals surface area (Å²) in [5.74, 6) is -0.255. The predicted molar refractivity (Wildman–Crippen MR) is 48.0 cm³/mol. The van der Waals surface area contributed by atoms with Gasteiger partial charge in [0.1, 0.15) is 10.4 Å². The van der Waals surface area contributed by atoms with E-state index in [1.165, 1.54) is 12.1 Å². The molecule has 62 valence electrons. The lowest BCUT2D eigenvalue weighted by Crippen LogP contribution is -1.83. The molecule has 1 nitrogen and oxygen atoms in total. The van der Waals surface area contributed by atoms with Gasteiger partial charge < -0.3 is 0 Å². The highest BCUT2D eigenvalue weighted by Crippen LogP contribution is 2.08. The molecule has 0 atom stereocenters. The number of hydrogen-bond acceptors (Lipinski definition) is 1. The maximum absolute atomic E-state index is 12.4. The van der Waals surface area contributed by atoms with Crippen LogP contribution in [0.25, 0.3) is 0 Å². The van der Waals surface area contributed by atoms with Gasteiger partial charge in [-0.1, -0.05) is 13.8 Å². The van der Waals surface area contributed by atoms with Crippen LogP contribution >= 0.6 is 15.9 Å². The molecule has 3 heteroatoms. The van der Waals surface area contributed by atoms with Crippen LogP contribution in [0, 0.1) is 12.7 Å². The maximum atomic E-state index is 12.4. The molecule has 0 bridgehead atoms. The molecule has 0 saturated carbocycles. The molecule has 0 N–H and O–H groups in total. The number of aromatic nitrogens is 1. The molecule has 0 radical (unpaired) electrons. The molecule has 11 heavy (non-hydrogen) atoms. The van der Waals surface area contributed by atoms with Gasteiger partial charge in [0.15, 0.2) is 0 Å². The molecular formula is C8H11BrFN. The lowest BCUT2D eigenvalue weighted by molar-refractivity contribution is 0.622. The first-order valence-electron chi connectivity index (χ1n) is 3.48. The fourth-order valence-corrected chi connectivity index (χ4v) is 1.09. The van der Waals surface area contributed by atoms with Crippen molar-refractivity contribution in [2.75, 3.05) is 0 Å². The summed E-state index contributed by atoms with van der Waals surface area (Å²) in [5.41, 5.74) is 0.682. The lowest BCUT2D eigenvalue weighted by Gasteiger charge is -1.92. The second-order valence-corrected chi connectivity index (χ2v) is 2.56. The van der Waals surface area contributed by atoms with Crippen LogP contribution in [0.5, 0.6) is 0 Å². The Hall–Kier alpha value is -0.440. The van der Waals surface area contributed by atoms with E-state index < -0.39 is 0 Å². The molecule has 0 aromatic carbocycles. The number of nitrogens with zero attached hydrogens (tertiary/aromatic N) is 1. The standard InChI is InChI=1S/C6H5BrFN.C2H6/c1-4-2-5(8)3-6(7)9-4;1-2/h2-3H,1H3;1-2H3. The van der Waals surface area contributed by atoms with Crippen LogP contribution in [0.4, 0.5) is 4.39 Å². The van der Waals surface area contributed by atoms with E-state index in [-0.39, 0.29) is 5.82 Å². The molecule has 0 unspecified atom stereocenters. The Kier molecular flexibility index (Phi) is 5.03. The Morgan fingerprint density at radius 3 is 2.27 bits per heavy atom. The van der Waals surface area contributed by atoms with Crippen molar-refractivity contribution >= 4 is 15.9 Å². The van der Waals surface area contributed by atoms with Crippen LogP contribution in [-0.4, -0.2) is 4.98 Å². The van der Waals surface area contributed by atoms with Crippen molar-refractivity contribution in [3.63, 3.8) is 0 Å². The van der Waals surface area contributed by atoms with Gasteiger partial charge in [-0.2, -0.15) is 0 Å². The van der Waals surface area contributed by atoms with Gasteiger partial charge >= 0.3 is 0 Å². The van der Waals surface area contributed by atoms with E-state index in [0.717, 1.165) is 0 Å². The van der Waals surface area contributed by atoms with E-state index >= 15 is 0 Å². The zero-order valence-electron chi connectivity index (χ0n) is 6.86. The Morgan fingerprint density at radius 2 is 1.91 bits per heavy atom. The van der Waals surface area contributed by atoms with Crippen molar-refractivity contribution in [2.45, 2.75) is 20.8 Å². The molecule has 1 aromatic heterocycles. The quantitative estimate of drug-likeness (QED) is 0.611. The van der Waals surface area contributed by atoms with Gasteiger partial charge in [-0.3, -0.25) is 0 Å². The minimum Gasteiger partial charge on any atom is -0.246 e. The zero-order chi connectivity index (χ0) is 8.85. The molecule has 1 rings (SSSR count). The SMILES string of the molecule is CC.Cc1cc(F)cc(Br)n1. The van der Waals surface area contributed by atoms with Crippen molar-refractivity contribution in [3.8, 4) is 0 Å². The number of pyridine rings is 1. The second kappa shape index (κ2) is 5.24. The van der Waals surface area contributed by atoms with E-state index in [2.05, 4.69) is 20.9 Å². The summed E-state index contributed by atoms with van der Waals surface area (Å²) in [5, 5.41) is 0. The van der Waals surface area contributed by atoms with Crippen molar-refractivity contribution in [3.05, 3.63) is 28.2 Å². The van der Waals surface area contributed by atoms with Gasteiger partial charge in [0.2, 0.25) is 0 Å². The molecule has 0 saturated heterocycles. The highest BCUT2D eigenvalue weighted by Gasteiger charge is 1.93. The van der Waals surface area contributed by atoms with Gasteiger partial charge in [-0.15, -0.1) is 0 Å². The number of halogens is 2. The van der Waals surface area contributed by atoms with E-state index in [1.54, 1.807) is 6.92 Å². The van der Waals surface area contributed by atoms with E-state index in [9.17, 15) is 4.39 Å². The molecule has 0 aliphatic carbocycles. The summed E-state index contributed by atoms with van der Waals surface area (Å²) in [6.45, 7) is 5.74. The lowest BCUT2D eigenvalue weighted by atomic mass is 10.4. The van der Waals surface area contributed by atoms with E-state index in [4.69, 9.17) is 0 Å². The third-order valence-electron chi connectivity index (χ3n) is 0.887. The Balaban J connectivity index is 0.000000461. The van der Waals surface area contributed by atoms with Crippen molar-refractivity contribution in [1.29, 1.82) is 0 Å². The van der Waals surface area contributed by atoms with Gasteiger partial charge in [-0.25, -0.2) is 9.37 Å². The third-order valence-corrected chi connectivity index (χ3v) is 1.29. The van der Waals surface area contributed by atoms with Crippen molar-refractivity contribution < 1.29 is 4.39 Å². The van der Waals surface area contributed by atoms with Crippen LogP contribution < -0.4 is 0 Å². The Bertz CT molecular complexity index is 175. The number of rotatable bonds is 0. The van der Waals surface area contributed by atoms with Gasteiger partial charge in [0, 0.05) is 11.8 Å². The van der Waals surface area contributed by atoms with Gasteiger partial charge in [0.05, 0.1) is 0 Å². The molecule has 0 amide bonds. The van der Waals surface area contributed by atoms with Crippen LogP contribution in [0.15, 0.2) is 16.7 Å². The molecule has 1 aromatic rings. The average molecular weight is 220 g/mol. The van der Waals surface area contributed by atoms with Gasteiger partial charge in [0.25, 0.3) is 0 Å². The van der Waals surface area contributed by atoms with Gasteiger partial charge in [-0.05, 0) is 28.9 Å². The second-order valence-electron chi connectivity index (χ2n) is 1.75. The zero-order valence-corrected chi connectivity index (χ0v) is 8.44. The first-order chi connectivity index (χ1) is 5.18. The topological polar surface area (TPSA) is 12.9 Å². The summed E-state index contributed by atoms with van der Waals surface area (Å²) in [7, 11) is 0. The fourth-order valence-electron chi connectivity index (χ4n) is 0.588. The van der Waals surface area contributed by atoms with Crippen LogP contribution in [0.2, 0.25) is 0 Å². The minimum atomic E-state index is -0.255. The van der Waals surface area contributed by atoms with Crippen molar-refractivity contribution in [2.24, 2.45) is 0 Å². The Morgan fingerprint density at radius 1 is 1.36 bits per heavy atom. The number of aryl methyl sites for hydroxylation is 1. The molecule has 0 aliphatic heterocycles. The Labute approximate surface area is 74.8 Å². The van der Waals surface area contributed by atoms with Crippen LogP contribution in [-0.2, 0) is 0 Å². The van der Waals surface area contributed by atoms with E-state index in [1.807, 2.05) is 13.8 Å². The summed E-state index contributed by atoms with van der Waals surface area (Å²) >= 11 is 3.06. The van der Waals surface area contributed by atoms with Crippen molar-refractivity contribution in [1.82, 2.24) is 4.98 Å². The summed E-state index contributed by atoms with van der Waals surface area (Å²) in [4.78, 5) is 3.91. The highest BCUT2D eigenvalue weighted by molar-refractivity contribution is 9.10. The fraction of sp³-hybridized carbons (Fsp3) is 0.375. The smallest absolute Gasteiger partial charge is 0.127 e. The first-order valence-corrected chi connectivity index (χ1v) is 4.27. The molecule has 0 aliphatic rings. The van der Waals surface area contributed by atoms with Crippen LogP contribution in [0.3, 0.4) is 0 Å². The normalized spacial score (nSPS) is 8.45. The first kappa shape index (κ1) is 10.6. The largest absolute Gasteiger partial charge is 0.246 e. The number of hydrogen-bond donors (Lipinski definition) is 0. The molecule has 1 heterocycles. The van der Waals surface area contributed by atoms with Crippen LogP contribution in [0.1, 0.15) is 19.5 Å². The summed E-state index contributed by atoms with van der Waals surface area (Å²) in [6.07, 6.45) is 0. The summed E-state index contributed by atoms with van der Waals surface area (Å²) < 4.78 is 12.9.